The molecule has 1 aromatic carbocycles. The van der Waals surface area contributed by atoms with Crippen LogP contribution in [0.1, 0.15) is 40.3 Å². The van der Waals surface area contributed by atoms with Crippen molar-refractivity contribution >= 4 is 11.7 Å². The molecule has 5 nitrogen and oxygen atoms in total. The van der Waals surface area contributed by atoms with E-state index in [2.05, 4.69) is 22.1 Å². The summed E-state index contributed by atoms with van der Waals surface area (Å²) in [6.07, 6.45) is 1.98. The number of aryl methyl sites for hydroxylation is 1. The van der Waals surface area contributed by atoms with Crippen LogP contribution in [0.3, 0.4) is 0 Å². The summed E-state index contributed by atoms with van der Waals surface area (Å²) in [4.78, 5) is 20.2. The van der Waals surface area contributed by atoms with Crippen LogP contribution in [0.25, 0.3) is 0 Å². The number of hydrogen-bond donors (Lipinski definition) is 2. The largest absolute Gasteiger partial charge is 0.383 e. The summed E-state index contributed by atoms with van der Waals surface area (Å²) in [5, 5.41) is 0. The number of rotatable bonds is 3. The number of benzene rings is 1. The third kappa shape index (κ3) is 1.82. The molecule has 0 radical (unpaired) electrons. The highest BCUT2D eigenvalue weighted by Gasteiger charge is 2.49. The molecule has 1 amide bonds. The zero-order chi connectivity index (χ0) is 14.3. The molecule has 1 heterocycles. The molecule has 1 aliphatic carbocycles. The summed E-state index contributed by atoms with van der Waals surface area (Å²) in [6, 6.07) is 10.1. The Labute approximate surface area is 117 Å². The lowest BCUT2D eigenvalue weighted by Gasteiger charge is -2.16. The van der Waals surface area contributed by atoms with Gasteiger partial charge in [0.1, 0.15) is 17.2 Å². The van der Waals surface area contributed by atoms with Gasteiger partial charge in [0.15, 0.2) is 0 Å². The zero-order valence-corrected chi connectivity index (χ0v) is 11.3. The maximum Gasteiger partial charge on any atom is 0.254 e. The Morgan fingerprint density at radius 1 is 1.20 bits per heavy atom. The minimum atomic E-state index is -0.587. The molecule has 0 saturated heterocycles. The van der Waals surface area contributed by atoms with Crippen molar-refractivity contribution < 1.29 is 4.79 Å². The van der Waals surface area contributed by atoms with E-state index in [9.17, 15) is 4.79 Å². The van der Waals surface area contributed by atoms with E-state index < -0.39 is 5.91 Å². The first-order chi connectivity index (χ1) is 9.54. The maximum absolute atomic E-state index is 11.4. The number of carbonyl (C=O) groups is 1. The highest BCUT2D eigenvalue weighted by atomic mass is 16.1. The van der Waals surface area contributed by atoms with Crippen molar-refractivity contribution in [2.45, 2.75) is 25.2 Å². The number of anilines is 1. The molecule has 4 N–H and O–H groups in total. The number of hydrogen-bond acceptors (Lipinski definition) is 4. The third-order valence-electron chi connectivity index (χ3n) is 3.87. The highest BCUT2D eigenvalue weighted by molar-refractivity contribution is 5.98. The van der Waals surface area contributed by atoms with Crippen LogP contribution in [0.4, 0.5) is 5.82 Å². The fourth-order valence-corrected chi connectivity index (χ4v) is 2.64. The van der Waals surface area contributed by atoms with E-state index in [1.54, 1.807) is 6.92 Å². The first-order valence-corrected chi connectivity index (χ1v) is 6.54. The Kier molecular flexibility index (Phi) is 2.71. The fourth-order valence-electron chi connectivity index (χ4n) is 2.64. The van der Waals surface area contributed by atoms with E-state index in [0.29, 0.717) is 11.5 Å². The average Bonchev–Trinajstić information content (AvgIpc) is 3.20. The molecule has 0 aliphatic heterocycles. The molecule has 20 heavy (non-hydrogen) atoms. The van der Waals surface area contributed by atoms with E-state index >= 15 is 0 Å². The van der Waals surface area contributed by atoms with Crippen LogP contribution in [0.15, 0.2) is 30.3 Å². The second kappa shape index (κ2) is 4.30. The maximum atomic E-state index is 11.4. The monoisotopic (exact) mass is 268 g/mol. The van der Waals surface area contributed by atoms with Gasteiger partial charge in [-0.3, -0.25) is 4.79 Å². The number of aromatic nitrogens is 2. The van der Waals surface area contributed by atoms with Crippen molar-refractivity contribution in [3.05, 3.63) is 53.0 Å². The van der Waals surface area contributed by atoms with Crippen molar-refractivity contribution in [3.8, 4) is 0 Å². The molecule has 0 spiro atoms. The zero-order valence-electron chi connectivity index (χ0n) is 11.3. The molecular weight excluding hydrogens is 252 g/mol. The summed E-state index contributed by atoms with van der Waals surface area (Å²) in [5.74, 6) is 0.266. The van der Waals surface area contributed by atoms with Gasteiger partial charge >= 0.3 is 0 Å². The van der Waals surface area contributed by atoms with Crippen LogP contribution in [0, 0.1) is 6.92 Å². The van der Waals surface area contributed by atoms with E-state index in [0.717, 1.165) is 12.8 Å². The first-order valence-electron chi connectivity index (χ1n) is 6.54. The van der Waals surface area contributed by atoms with Crippen molar-refractivity contribution in [3.63, 3.8) is 0 Å². The highest BCUT2D eigenvalue weighted by Crippen LogP contribution is 2.52. The summed E-state index contributed by atoms with van der Waals surface area (Å²) < 4.78 is 0. The fraction of sp³-hybridized carbons (Fsp3) is 0.267. The van der Waals surface area contributed by atoms with Gasteiger partial charge in [-0.1, -0.05) is 30.3 Å². The van der Waals surface area contributed by atoms with Crippen LogP contribution in [0.2, 0.25) is 0 Å². The Bertz CT molecular complexity index is 655. The lowest BCUT2D eigenvalue weighted by molar-refractivity contribution is 0.1000. The van der Waals surface area contributed by atoms with Gasteiger partial charge < -0.3 is 11.5 Å². The first kappa shape index (κ1) is 12.6. The van der Waals surface area contributed by atoms with E-state index in [1.165, 1.54) is 5.56 Å². The van der Waals surface area contributed by atoms with E-state index in [4.69, 9.17) is 11.5 Å². The Morgan fingerprint density at radius 3 is 2.35 bits per heavy atom. The molecule has 0 atom stereocenters. The molecule has 1 aliphatic rings. The van der Waals surface area contributed by atoms with Gasteiger partial charge in [0.2, 0.25) is 0 Å². The van der Waals surface area contributed by atoms with Gasteiger partial charge in [-0.05, 0) is 25.3 Å². The van der Waals surface area contributed by atoms with Crippen LogP contribution in [-0.4, -0.2) is 15.9 Å². The molecule has 1 saturated carbocycles. The van der Waals surface area contributed by atoms with Crippen LogP contribution >= 0.6 is 0 Å². The predicted octanol–water partition coefficient (Wildman–Crippen LogP) is 1.55. The number of nitrogens with zero attached hydrogens (tertiary/aromatic N) is 2. The molecule has 5 heteroatoms. The molecule has 102 valence electrons. The number of nitrogens with two attached hydrogens (primary N) is 2. The summed E-state index contributed by atoms with van der Waals surface area (Å²) >= 11 is 0. The Morgan fingerprint density at radius 2 is 1.85 bits per heavy atom. The second-order valence-corrected chi connectivity index (χ2v) is 5.21. The molecule has 0 bridgehead atoms. The minimum absolute atomic E-state index is 0.156. The van der Waals surface area contributed by atoms with Crippen molar-refractivity contribution in [2.24, 2.45) is 5.73 Å². The van der Waals surface area contributed by atoms with Gasteiger partial charge in [-0.25, -0.2) is 9.97 Å². The molecule has 1 aromatic heterocycles. The number of primary amides is 1. The Balaban J connectivity index is 2.10. The van der Waals surface area contributed by atoms with Gasteiger partial charge in [-0.15, -0.1) is 0 Å². The molecule has 0 unspecified atom stereocenters. The normalized spacial score (nSPS) is 15.8. The number of nitrogen functional groups attached to an aromatic ring is 1. The van der Waals surface area contributed by atoms with E-state index in [-0.39, 0.29) is 16.8 Å². The van der Waals surface area contributed by atoms with Gasteiger partial charge in [0.05, 0.1) is 11.1 Å². The predicted molar refractivity (Wildman–Crippen MR) is 76.2 cm³/mol. The molecule has 3 rings (SSSR count). The lowest BCUT2D eigenvalue weighted by Crippen LogP contribution is -2.21. The van der Waals surface area contributed by atoms with E-state index in [1.807, 2.05) is 18.2 Å². The molecule has 1 fully saturated rings. The number of carbonyl (C=O) groups excluding carboxylic acids is 1. The van der Waals surface area contributed by atoms with Crippen molar-refractivity contribution in [2.75, 3.05) is 5.73 Å². The van der Waals surface area contributed by atoms with Gasteiger partial charge in [-0.2, -0.15) is 0 Å². The number of amides is 1. The van der Waals surface area contributed by atoms with Crippen LogP contribution < -0.4 is 11.5 Å². The quantitative estimate of drug-likeness (QED) is 0.882. The average molecular weight is 268 g/mol. The smallest absolute Gasteiger partial charge is 0.254 e. The Hall–Kier alpha value is -2.43. The third-order valence-corrected chi connectivity index (χ3v) is 3.87. The summed E-state index contributed by atoms with van der Waals surface area (Å²) in [5.41, 5.74) is 13.0. The SMILES string of the molecule is Cc1nc(C2(c3ccccc3)CC2)nc(N)c1C(N)=O. The molecule has 2 aromatic rings. The molecular formula is C15H16N4O. The second-order valence-electron chi connectivity index (χ2n) is 5.21. The lowest BCUT2D eigenvalue weighted by atomic mass is 9.94. The van der Waals surface area contributed by atoms with Gasteiger partial charge in [0, 0.05) is 0 Å². The van der Waals surface area contributed by atoms with Crippen LogP contribution in [0.5, 0.6) is 0 Å². The minimum Gasteiger partial charge on any atom is -0.383 e. The van der Waals surface area contributed by atoms with Gasteiger partial charge in [0.25, 0.3) is 5.91 Å². The standard InChI is InChI=1S/C15H16N4O/c1-9-11(13(17)20)12(16)19-14(18-9)15(7-8-15)10-5-3-2-4-6-10/h2-6H,7-8H2,1H3,(H2,17,20)(H2,16,18,19). The summed E-state index contributed by atoms with van der Waals surface area (Å²) in [7, 11) is 0. The topological polar surface area (TPSA) is 94.9 Å². The van der Waals surface area contributed by atoms with Crippen LogP contribution in [-0.2, 0) is 5.41 Å². The summed E-state index contributed by atoms with van der Waals surface area (Å²) in [6.45, 7) is 1.74. The van der Waals surface area contributed by atoms with Crippen molar-refractivity contribution in [1.82, 2.24) is 9.97 Å². The van der Waals surface area contributed by atoms with Crippen molar-refractivity contribution in [1.29, 1.82) is 0 Å².